The SMILES string of the molecule is COCC(C)NC(N)=NCc1cc2c(cc1OC(F)F)OCO2. The Morgan fingerprint density at radius 3 is 2.74 bits per heavy atom. The van der Waals surface area contributed by atoms with Crippen LogP contribution in [0.15, 0.2) is 17.1 Å². The van der Waals surface area contributed by atoms with Gasteiger partial charge in [0.25, 0.3) is 0 Å². The lowest BCUT2D eigenvalue weighted by molar-refractivity contribution is -0.0505. The van der Waals surface area contributed by atoms with Crippen LogP contribution in [-0.2, 0) is 11.3 Å². The summed E-state index contributed by atoms with van der Waals surface area (Å²) in [7, 11) is 1.58. The monoisotopic (exact) mass is 331 g/mol. The number of methoxy groups -OCH3 is 1. The Morgan fingerprint density at radius 1 is 1.39 bits per heavy atom. The summed E-state index contributed by atoms with van der Waals surface area (Å²) in [5, 5.41) is 2.92. The maximum absolute atomic E-state index is 12.5. The number of alkyl halides is 2. The predicted octanol–water partition coefficient (Wildman–Crippen LogP) is 1.46. The molecular weight excluding hydrogens is 312 g/mol. The van der Waals surface area contributed by atoms with Gasteiger partial charge in [0.1, 0.15) is 5.75 Å². The van der Waals surface area contributed by atoms with E-state index in [1.165, 1.54) is 6.07 Å². The number of benzene rings is 1. The lowest BCUT2D eigenvalue weighted by Crippen LogP contribution is -2.40. The fourth-order valence-electron chi connectivity index (χ4n) is 2.05. The highest BCUT2D eigenvalue weighted by molar-refractivity contribution is 5.78. The van der Waals surface area contributed by atoms with Crippen molar-refractivity contribution < 1.29 is 27.7 Å². The van der Waals surface area contributed by atoms with Crippen LogP contribution in [0.2, 0.25) is 0 Å². The molecule has 1 aliphatic heterocycles. The Bertz CT molecular complexity index is 569. The number of aliphatic imine (C=N–C) groups is 1. The average Bonchev–Trinajstić information content (AvgIpc) is 2.91. The molecule has 1 aliphatic rings. The minimum Gasteiger partial charge on any atom is -0.454 e. The van der Waals surface area contributed by atoms with E-state index in [2.05, 4.69) is 15.0 Å². The average molecular weight is 331 g/mol. The van der Waals surface area contributed by atoms with E-state index in [1.54, 1.807) is 13.2 Å². The van der Waals surface area contributed by atoms with Crippen LogP contribution >= 0.6 is 0 Å². The van der Waals surface area contributed by atoms with E-state index in [-0.39, 0.29) is 31.1 Å². The molecule has 0 fully saturated rings. The van der Waals surface area contributed by atoms with E-state index in [0.717, 1.165) is 0 Å². The fourth-order valence-corrected chi connectivity index (χ4v) is 2.05. The van der Waals surface area contributed by atoms with Gasteiger partial charge in [0.05, 0.1) is 13.2 Å². The first-order valence-corrected chi connectivity index (χ1v) is 6.92. The van der Waals surface area contributed by atoms with Gasteiger partial charge in [-0.3, -0.25) is 0 Å². The number of nitrogens with one attached hydrogen (secondary N) is 1. The molecule has 0 saturated carbocycles. The number of hydrogen-bond donors (Lipinski definition) is 2. The Balaban J connectivity index is 2.11. The summed E-state index contributed by atoms with van der Waals surface area (Å²) >= 11 is 0. The topological polar surface area (TPSA) is 87.3 Å². The minimum absolute atomic E-state index is 0.0225. The Labute approximate surface area is 132 Å². The van der Waals surface area contributed by atoms with Gasteiger partial charge in [0.15, 0.2) is 17.5 Å². The highest BCUT2D eigenvalue weighted by Crippen LogP contribution is 2.38. The molecule has 9 heteroatoms. The highest BCUT2D eigenvalue weighted by atomic mass is 19.3. The summed E-state index contributed by atoms with van der Waals surface area (Å²) in [6, 6.07) is 2.88. The standard InChI is InChI=1S/C14H19F2N3O4/c1-8(6-20-2)19-14(17)18-5-9-3-11-12(22-7-21-11)4-10(9)23-13(15)16/h3-4,8,13H,5-7H2,1-2H3,(H3,17,18,19). The van der Waals surface area contributed by atoms with Crippen LogP contribution in [0.3, 0.4) is 0 Å². The van der Waals surface area contributed by atoms with Crippen LogP contribution in [0.1, 0.15) is 12.5 Å². The number of hydrogen-bond acceptors (Lipinski definition) is 5. The van der Waals surface area contributed by atoms with Crippen LogP contribution in [0.4, 0.5) is 8.78 Å². The van der Waals surface area contributed by atoms with Gasteiger partial charge in [-0.15, -0.1) is 0 Å². The quantitative estimate of drug-likeness (QED) is 0.581. The smallest absolute Gasteiger partial charge is 0.387 e. The zero-order valence-corrected chi connectivity index (χ0v) is 12.8. The van der Waals surface area contributed by atoms with E-state index in [9.17, 15) is 8.78 Å². The van der Waals surface area contributed by atoms with Crippen LogP contribution in [0.25, 0.3) is 0 Å². The summed E-state index contributed by atoms with van der Waals surface area (Å²) < 4.78 is 44.9. The van der Waals surface area contributed by atoms with Gasteiger partial charge in [-0.1, -0.05) is 0 Å². The van der Waals surface area contributed by atoms with Crippen molar-refractivity contribution in [2.24, 2.45) is 10.7 Å². The number of guanidine groups is 1. The molecule has 23 heavy (non-hydrogen) atoms. The molecule has 1 atom stereocenters. The van der Waals surface area contributed by atoms with Crippen molar-refractivity contribution in [3.8, 4) is 17.2 Å². The molecule has 0 bridgehead atoms. The molecule has 0 aliphatic carbocycles. The molecule has 0 spiro atoms. The van der Waals surface area contributed by atoms with Gasteiger partial charge in [0, 0.05) is 24.8 Å². The van der Waals surface area contributed by atoms with Gasteiger partial charge in [-0.05, 0) is 13.0 Å². The van der Waals surface area contributed by atoms with Crippen molar-refractivity contribution >= 4 is 5.96 Å². The second-order valence-corrected chi connectivity index (χ2v) is 4.89. The lowest BCUT2D eigenvalue weighted by atomic mass is 10.1. The molecule has 3 N–H and O–H groups in total. The summed E-state index contributed by atoms with van der Waals surface area (Å²) in [5.41, 5.74) is 6.17. The van der Waals surface area contributed by atoms with E-state index in [4.69, 9.17) is 19.9 Å². The summed E-state index contributed by atoms with van der Waals surface area (Å²) in [5.74, 6) is 0.963. The van der Waals surface area contributed by atoms with E-state index >= 15 is 0 Å². The van der Waals surface area contributed by atoms with Gasteiger partial charge >= 0.3 is 6.61 Å². The first kappa shape index (κ1) is 17.1. The lowest BCUT2D eigenvalue weighted by Gasteiger charge is -2.14. The van der Waals surface area contributed by atoms with Crippen molar-refractivity contribution in [1.29, 1.82) is 0 Å². The molecule has 128 valence electrons. The molecule has 1 aromatic rings. The maximum atomic E-state index is 12.5. The number of ether oxygens (including phenoxy) is 4. The van der Waals surface area contributed by atoms with Crippen molar-refractivity contribution in [3.63, 3.8) is 0 Å². The third kappa shape index (κ3) is 4.85. The predicted molar refractivity (Wildman–Crippen MR) is 79.0 cm³/mol. The second kappa shape index (κ2) is 7.82. The first-order chi connectivity index (χ1) is 11.0. The molecule has 0 saturated heterocycles. The van der Waals surface area contributed by atoms with Crippen LogP contribution in [0.5, 0.6) is 17.2 Å². The summed E-state index contributed by atoms with van der Waals surface area (Å²) in [6.45, 7) is -0.529. The summed E-state index contributed by atoms with van der Waals surface area (Å²) in [6.07, 6.45) is 0. The minimum atomic E-state index is -2.95. The number of nitrogens with two attached hydrogens (primary N) is 1. The molecule has 2 rings (SSSR count). The van der Waals surface area contributed by atoms with Gasteiger partial charge < -0.3 is 30.0 Å². The Morgan fingerprint density at radius 2 is 2.09 bits per heavy atom. The van der Waals surface area contributed by atoms with Gasteiger partial charge in [-0.25, -0.2) is 4.99 Å². The molecular formula is C14H19F2N3O4. The highest BCUT2D eigenvalue weighted by Gasteiger charge is 2.20. The largest absolute Gasteiger partial charge is 0.454 e. The molecule has 0 amide bonds. The normalized spacial score (nSPS) is 14.9. The first-order valence-electron chi connectivity index (χ1n) is 6.92. The molecule has 1 aromatic carbocycles. The van der Waals surface area contributed by atoms with Crippen molar-refractivity contribution in [2.45, 2.75) is 26.1 Å². The fraction of sp³-hybridized carbons (Fsp3) is 0.500. The van der Waals surface area contributed by atoms with Crippen LogP contribution < -0.4 is 25.3 Å². The second-order valence-electron chi connectivity index (χ2n) is 4.89. The zero-order chi connectivity index (χ0) is 16.8. The third-order valence-corrected chi connectivity index (χ3v) is 3.00. The van der Waals surface area contributed by atoms with Crippen LogP contribution in [0, 0.1) is 0 Å². The Kier molecular flexibility index (Phi) is 5.80. The number of halogens is 2. The van der Waals surface area contributed by atoms with E-state index in [1.807, 2.05) is 6.92 Å². The zero-order valence-electron chi connectivity index (χ0n) is 12.8. The van der Waals surface area contributed by atoms with Crippen molar-refractivity contribution in [1.82, 2.24) is 5.32 Å². The van der Waals surface area contributed by atoms with Gasteiger partial charge in [0.2, 0.25) is 6.79 Å². The number of rotatable bonds is 7. The number of fused-ring (bicyclic) bond motifs is 1. The molecule has 7 nitrogen and oxygen atoms in total. The molecule has 1 unspecified atom stereocenters. The maximum Gasteiger partial charge on any atom is 0.387 e. The summed E-state index contributed by atoms with van der Waals surface area (Å²) in [4.78, 5) is 4.12. The molecule has 0 aromatic heterocycles. The van der Waals surface area contributed by atoms with Crippen molar-refractivity contribution in [3.05, 3.63) is 17.7 Å². The molecule has 0 radical (unpaired) electrons. The van der Waals surface area contributed by atoms with Gasteiger partial charge in [-0.2, -0.15) is 8.78 Å². The molecule has 1 heterocycles. The Hall–Kier alpha value is -2.29. The van der Waals surface area contributed by atoms with E-state index < -0.39 is 6.61 Å². The van der Waals surface area contributed by atoms with E-state index in [0.29, 0.717) is 23.7 Å². The number of nitrogens with zero attached hydrogens (tertiary/aromatic N) is 1. The van der Waals surface area contributed by atoms with Crippen molar-refractivity contribution in [2.75, 3.05) is 20.5 Å². The van der Waals surface area contributed by atoms with Crippen LogP contribution in [-0.4, -0.2) is 39.1 Å². The third-order valence-electron chi connectivity index (χ3n) is 3.00.